The molecule has 1 aromatic heterocycles. The second-order valence-electron chi connectivity index (χ2n) is 3.86. The number of nitrogens with zero attached hydrogens (tertiary/aromatic N) is 1. The first kappa shape index (κ1) is 9.84. The molecule has 2 rings (SSSR count). The van der Waals surface area contributed by atoms with Crippen LogP contribution in [0.3, 0.4) is 0 Å². The van der Waals surface area contributed by atoms with Crippen molar-refractivity contribution in [3.8, 4) is 0 Å². The summed E-state index contributed by atoms with van der Waals surface area (Å²) in [6.07, 6.45) is 7.32. The van der Waals surface area contributed by atoms with Gasteiger partial charge in [-0.05, 0) is 25.7 Å². The van der Waals surface area contributed by atoms with E-state index in [1.165, 1.54) is 36.3 Å². The molecule has 0 fully saturated rings. The van der Waals surface area contributed by atoms with Crippen LogP contribution in [0, 0.1) is 0 Å². The van der Waals surface area contributed by atoms with E-state index < -0.39 is 0 Å². The Bertz CT molecular complexity index is 318. The normalized spacial score (nSPS) is 16.9. The van der Waals surface area contributed by atoms with Crippen LogP contribution in [0.25, 0.3) is 0 Å². The van der Waals surface area contributed by atoms with E-state index >= 15 is 0 Å². The molecule has 0 radical (unpaired) electrons. The Hall–Kier alpha value is -0.700. The summed E-state index contributed by atoms with van der Waals surface area (Å²) >= 11 is 1.61. The van der Waals surface area contributed by atoms with Crippen molar-refractivity contribution in [2.45, 2.75) is 45.4 Å². The van der Waals surface area contributed by atoms with Crippen molar-refractivity contribution >= 4 is 17.1 Å². The van der Waals surface area contributed by atoms with Crippen molar-refractivity contribution in [3.63, 3.8) is 0 Å². The Morgan fingerprint density at radius 2 is 1.93 bits per heavy atom. The minimum Gasteiger partial charge on any atom is -0.292 e. The number of Topliss-reactive ketones (excluding diaryl/α,β-unsaturated/α-hetero) is 1. The maximum Gasteiger partial charge on any atom is 0.188 e. The smallest absolute Gasteiger partial charge is 0.188 e. The van der Waals surface area contributed by atoms with Gasteiger partial charge in [-0.1, -0.05) is 12.8 Å². The highest BCUT2D eigenvalue weighted by molar-refractivity contribution is 7.13. The maximum atomic E-state index is 11.2. The fraction of sp³-hybridized carbons (Fsp3) is 0.636. The van der Waals surface area contributed by atoms with Gasteiger partial charge in [0, 0.05) is 11.8 Å². The van der Waals surface area contributed by atoms with Crippen LogP contribution in [0.1, 0.15) is 53.0 Å². The first-order chi connectivity index (χ1) is 6.77. The zero-order chi connectivity index (χ0) is 9.97. The van der Waals surface area contributed by atoms with E-state index in [9.17, 15) is 4.79 Å². The number of carbonyl (C=O) groups is 1. The predicted molar refractivity (Wildman–Crippen MR) is 58.0 cm³/mol. The van der Waals surface area contributed by atoms with Gasteiger partial charge in [0.25, 0.3) is 0 Å². The third-order valence-electron chi connectivity index (χ3n) is 2.65. The Labute approximate surface area is 88.4 Å². The molecule has 14 heavy (non-hydrogen) atoms. The summed E-state index contributed by atoms with van der Waals surface area (Å²) in [7, 11) is 0. The Kier molecular flexibility index (Phi) is 2.96. The van der Waals surface area contributed by atoms with Gasteiger partial charge in [-0.3, -0.25) is 4.79 Å². The molecule has 0 spiro atoms. The Morgan fingerprint density at radius 1 is 1.21 bits per heavy atom. The lowest BCUT2D eigenvalue weighted by molar-refractivity contribution is 0.101. The first-order valence-corrected chi connectivity index (χ1v) is 6.08. The standard InChI is InChI=1S/C11H15NOS/c1-8(13)11-12-9-6-4-2-3-5-7-10(9)14-11/h2-7H2,1H3. The highest BCUT2D eigenvalue weighted by Gasteiger charge is 2.14. The van der Waals surface area contributed by atoms with Crippen molar-refractivity contribution in [2.75, 3.05) is 0 Å². The number of aromatic nitrogens is 1. The molecule has 0 amide bonds. The van der Waals surface area contributed by atoms with Gasteiger partial charge in [0.1, 0.15) is 0 Å². The van der Waals surface area contributed by atoms with Gasteiger partial charge in [-0.25, -0.2) is 4.98 Å². The van der Waals surface area contributed by atoms with E-state index in [0.29, 0.717) is 5.01 Å². The van der Waals surface area contributed by atoms with Gasteiger partial charge >= 0.3 is 0 Å². The molecule has 1 aromatic rings. The molecule has 1 aliphatic carbocycles. The van der Waals surface area contributed by atoms with E-state index in [4.69, 9.17) is 0 Å². The first-order valence-electron chi connectivity index (χ1n) is 5.27. The average Bonchev–Trinajstić information content (AvgIpc) is 2.48. The fourth-order valence-electron chi connectivity index (χ4n) is 1.86. The van der Waals surface area contributed by atoms with Crippen LogP contribution in [0.5, 0.6) is 0 Å². The molecule has 0 aliphatic heterocycles. The molecule has 1 aliphatic rings. The second kappa shape index (κ2) is 4.22. The van der Waals surface area contributed by atoms with Crippen molar-refractivity contribution < 1.29 is 4.79 Å². The number of hydrogen-bond acceptors (Lipinski definition) is 3. The zero-order valence-corrected chi connectivity index (χ0v) is 9.32. The van der Waals surface area contributed by atoms with Gasteiger partial charge < -0.3 is 0 Å². The predicted octanol–water partition coefficient (Wildman–Crippen LogP) is 3.00. The topological polar surface area (TPSA) is 30.0 Å². The SMILES string of the molecule is CC(=O)c1nc2c(s1)CCCCCC2. The summed E-state index contributed by atoms with van der Waals surface area (Å²) in [5.41, 5.74) is 1.19. The van der Waals surface area contributed by atoms with E-state index in [0.717, 1.165) is 12.8 Å². The number of ketones is 1. The molecule has 0 unspecified atom stereocenters. The van der Waals surface area contributed by atoms with E-state index in [1.54, 1.807) is 18.3 Å². The number of rotatable bonds is 1. The Balaban J connectivity index is 2.27. The molecular formula is C11H15NOS. The van der Waals surface area contributed by atoms with Crippen LogP contribution in [0.4, 0.5) is 0 Å². The van der Waals surface area contributed by atoms with Crippen molar-refractivity contribution in [2.24, 2.45) is 0 Å². The number of aryl methyl sites for hydroxylation is 2. The summed E-state index contributed by atoms with van der Waals surface area (Å²) in [6.45, 7) is 1.60. The van der Waals surface area contributed by atoms with Gasteiger partial charge in [0.15, 0.2) is 10.8 Å². The highest BCUT2D eigenvalue weighted by atomic mass is 32.1. The summed E-state index contributed by atoms with van der Waals surface area (Å²) < 4.78 is 0. The molecule has 0 aromatic carbocycles. The number of thiazole rings is 1. The fourth-order valence-corrected chi connectivity index (χ4v) is 2.90. The molecule has 1 heterocycles. The summed E-state index contributed by atoms with van der Waals surface area (Å²) in [4.78, 5) is 17.0. The molecule has 0 atom stereocenters. The van der Waals surface area contributed by atoms with Gasteiger partial charge in [-0.15, -0.1) is 11.3 Å². The van der Waals surface area contributed by atoms with Gasteiger partial charge in [0.05, 0.1) is 5.69 Å². The van der Waals surface area contributed by atoms with Gasteiger partial charge in [-0.2, -0.15) is 0 Å². The average molecular weight is 209 g/mol. The number of hydrogen-bond donors (Lipinski definition) is 0. The van der Waals surface area contributed by atoms with Crippen LogP contribution in [-0.4, -0.2) is 10.8 Å². The van der Waals surface area contributed by atoms with Gasteiger partial charge in [0.2, 0.25) is 0 Å². The lowest BCUT2D eigenvalue weighted by Crippen LogP contribution is -1.97. The molecule has 0 bridgehead atoms. The van der Waals surface area contributed by atoms with E-state index in [1.807, 2.05) is 0 Å². The summed E-state index contributed by atoms with van der Waals surface area (Å²) in [5, 5.41) is 0.705. The quantitative estimate of drug-likeness (QED) is 0.665. The van der Waals surface area contributed by atoms with Crippen LogP contribution < -0.4 is 0 Å². The summed E-state index contributed by atoms with van der Waals surface area (Å²) in [6, 6.07) is 0. The second-order valence-corrected chi connectivity index (χ2v) is 4.94. The third kappa shape index (κ3) is 2.03. The largest absolute Gasteiger partial charge is 0.292 e. The molecule has 76 valence electrons. The van der Waals surface area contributed by atoms with Crippen LogP contribution >= 0.6 is 11.3 Å². The maximum absolute atomic E-state index is 11.2. The lowest BCUT2D eigenvalue weighted by atomic mass is 10.0. The molecule has 0 saturated carbocycles. The molecular weight excluding hydrogens is 194 g/mol. The molecule has 3 heteroatoms. The van der Waals surface area contributed by atoms with Crippen LogP contribution in [0.15, 0.2) is 0 Å². The van der Waals surface area contributed by atoms with Crippen molar-refractivity contribution in [1.29, 1.82) is 0 Å². The minimum absolute atomic E-state index is 0.113. The monoisotopic (exact) mass is 209 g/mol. The lowest BCUT2D eigenvalue weighted by Gasteiger charge is -2.06. The highest BCUT2D eigenvalue weighted by Crippen LogP contribution is 2.25. The van der Waals surface area contributed by atoms with Crippen LogP contribution in [-0.2, 0) is 12.8 Å². The number of carbonyl (C=O) groups excluding carboxylic acids is 1. The van der Waals surface area contributed by atoms with Crippen LogP contribution in [0.2, 0.25) is 0 Å². The minimum atomic E-state index is 0.113. The molecule has 0 saturated heterocycles. The zero-order valence-electron chi connectivity index (χ0n) is 8.51. The third-order valence-corrected chi connectivity index (χ3v) is 3.91. The summed E-state index contributed by atoms with van der Waals surface area (Å²) in [5.74, 6) is 0.113. The van der Waals surface area contributed by atoms with Crippen molar-refractivity contribution in [3.05, 3.63) is 15.6 Å². The number of fused-ring (bicyclic) bond motifs is 1. The van der Waals surface area contributed by atoms with Crippen molar-refractivity contribution in [1.82, 2.24) is 4.98 Å². The molecule has 0 N–H and O–H groups in total. The van der Waals surface area contributed by atoms with E-state index in [-0.39, 0.29) is 5.78 Å². The molecule has 2 nitrogen and oxygen atoms in total. The van der Waals surface area contributed by atoms with E-state index in [2.05, 4.69) is 4.98 Å². The Morgan fingerprint density at radius 3 is 2.64 bits per heavy atom.